The molecule has 0 amide bonds. The molecule has 8 heteroatoms. The average Bonchev–Trinajstić information content (AvgIpc) is 2.60. The Morgan fingerprint density at radius 1 is 0.962 bits per heavy atom. The molecule has 2 N–H and O–H groups in total. The maximum atomic E-state index is 11.4. The molecular formula is C18H14N2O5S. The zero-order chi connectivity index (χ0) is 18.9. The third-order valence-corrected chi connectivity index (χ3v) is 4.62. The highest BCUT2D eigenvalue weighted by Crippen LogP contribution is 2.35. The van der Waals surface area contributed by atoms with E-state index in [9.17, 15) is 22.9 Å². The number of aromatic hydroxyl groups is 1. The van der Waals surface area contributed by atoms with Crippen molar-refractivity contribution in [3.63, 3.8) is 0 Å². The van der Waals surface area contributed by atoms with E-state index in [1.165, 1.54) is 37.3 Å². The van der Waals surface area contributed by atoms with Crippen LogP contribution in [0.1, 0.15) is 17.3 Å². The number of fused-ring (bicyclic) bond motifs is 1. The Labute approximate surface area is 149 Å². The largest absolute Gasteiger partial charge is 0.507 e. The molecule has 0 atom stereocenters. The third kappa shape index (κ3) is 3.61. The molecule has 0 aromatic heterocycles. The first-order valence-corrected chi connectivity index (χ1v) is 8.96. The molecule has 0 saturated heterocycles. The van der Waals surface area contributed by atoms with E-state index >= 15 is 0 Å². The number of carbonyl (C=O) groups is 1. The second kappa shape index (κ2) is 6.66. The van der Waals surface area contributed by atoms with E-state index in [4.69, 9.17) is 0 Å². The van der Waals surface area contributed by atoms with E-state index in [0.29, 0.717) is 27.7 Å². The first kappa shape index (κ1) is 17.7. The highest BCUT2D eigenvalue weighted by Gasteiger charge is 2.13. The molecule has 0 heterocycles. The summed E-state index contributed by atoms with van der Waals surface area (Å²) in [6, 6.07) is 13.3. The Bertz CT molecular complexity index is 1150. The van der Waals surface area contributed by atoms with Gasteiger partial charge in [0.15, 0.2) is 5.78 Å². The van der Waals surface area contributed by atoms with Gasteiger partial charge in [-0.15, -0.1) is 5.11 Å². The molecule has 26 heavy (non-hydrogen) atoms. The van der Waals surface area contributed by atoms with Crippen LogP contribution in [0, 0.1) is 0 Å². The summed E-state index contributed by atoms with van der Waals surface area (Å²) in [5.74, 6) is -0.158. The molecular weight excluding hydrogens is 356 g/mol. The van der Waals surface area contributed by atoms with Gasteiger partial charge in [0.2, 0.25) is 0 Å². The number of hydrogen-bond acceptors (Lipinski definition) is 6. The van der Waals surface area contributed by atoms with Crippen molar-refractivity contribution in [2.45, 2.75) is 11.8 Å². The Kier molecular flexibility index (Phi) is 4.54. The van der Waals surface area contributed by atoms with Gasteiger partial charge < -0.3 is 5.11 Å². The van der Waals surface area contributed by atoms with Gasteiger partial charge in [0.05, 0.1) is 16.3 Å². The maximum Gasteiger partial charge on any atom is 0.294 e. The second-order valence-electron chi connectivity index (χ2n) is 5.59. The normalized spacial score (nSPS) is 11.9. The van der Waals surface area contributed by atoms with E-state index in [0.717, 1.165) is 0 Å². The molecule has 0 spiro atoms. The molecule has 132 valence electrons. The molecule has 3 rings (SSSR count). The van der Waals surface area contributed by atoms with Crippen molar-refractivity contribution < 1.29 is 22.9 Å². The van der Waals surface area contributed by atoms with E-state index in [-0.39, 0.29) is 16.4 Å². The fourth-order valence-corrected chi connectivity index (χ4v) is 2.95. The van der Waals surface area contributed by atoms with Crippen LogP contribution in [0.15, 0.2) is 69.7 Å². The number of Topliss-reactive ketones (excluding diaryl/α,β-unsaturated/α-hetero) is 1. The van der Waals surface area contributed by atoms with Gasteiger partial charge in [0.1, 0.15) is 5.75 Å². The predicted molar refractivity (Wildman–Crippen MR) is 96.0 cm³/mol. The fraction of sp³-hybridized carbons (Fsp3) is 0.0556. The summed E-state index contributed by atoms with van der Waals surface area (Å²) < 4.78 is 31.9. The van der Waals surface area contributed by atoms with Crippen molar-refractivity contribution in [1.82, 2.24) is 0 Å². The minimum Gasteiger partial charge on any atom is -0.507 e. The quantitative estimate of drug-likeness (QED) is 0.401. The topological polar surface area (TPSA) is 116 Å². The molecule has 0 unspecified atom stereocenters. The minimum atomic E-state index is -4.40. The first-order valence-electron chi connectivity index (χ1n) is 7.52. The van der Waals surface area contributed by atoms with E-state index in [2.05, 4.69) is 10.2 Å². The van der Waals surface area contributed by atoms with Crippen LogP contribution in [0.5, 0.6) is 5.75 Å². The van der Waals surface area contributed by atoms with Crippen LogP contribution >= 0.6 is 0 Å². The SMILES string of the molecule is CC(=O)c1cccc(N=Nc2ccc(O)c3ccc(S(=O)(=O)O)cc23)c1. The third-order valence-electron chi connectivity index (χ3n) is 3.77. The van der Waals surface area contributed by atoms with Crippen LogP contribution in [0.2, 0.25) is 0 Å². The number of hydrogen-bond donors (Lipinski definition) is 2. The summed E-state index contributed by atoms with van der Waals surface area (Å²) in [5.41, 5.74) is 1.24. The van der Waals surface area contributed by atoms with Gasteiger partial charge in [-0.1, -0.05) is 12.1 Å². The number of carbonyl (C=O) groups excluding carboxylic acids is 1. The van der Waals surface area contributed by atoms with Crippen molar-refractivity contribution in [2.24, 2.45) is 10.2 Å². The molecule has 0 saturated carbocycles. The lowest BCUT2D eigenvalue weighted by Crippen LogP contribution is -1.97. The van der Waals surface area contributed by atoms with Crippen LogP contribution in [0.4, 0.5) is 11.4 Å². The lowest BCUT2D eigenvalue weighted by atomic mass is 10.1. The fourth-order valence-electron chi connectivity index (χ4n) is 2.44. The van der Waals surface area contributed by atoms with Gasteiger partial charge in [-0.3, -0.25) is 9.35 Å². The Morgan fingerprint density at radius 3 is 2.42 bits per heavy atom. The van der Waals surface area contributed by atoms with E-state index in [1.807, 2.05) is 0 Å². The Balaban J connectivity index is 2.11. The summed E-state index contributed by atoms with van der Waals surface area (Å²) in [6.45, 7) is 1.45. The smallest absolute Gasteiger partial charge is 0.294 e. The molecule has 0 bridgehead atoms. The lowest BCUT2D eigenvalue weighted by Gasteiger charge is -2.06. The highest BCUT2D eigenvalue weighted by atomic mass is 32.2. The molecule has 0 aliphatic rings. The second-order valence-corrected chi connectivity index (χ2v) is 7.01. The molecule has 0 aliphatic carbocycles. The summed E-state index contributed by atoms with van der Waals surface area (Å²) >= 11 is 0. The first-order chi connectivity index (χ1) is 12.3. The van der Waals surface area contributed by atoms with Crippen LogP contribution in [0.25, 0.3) is 10.8 Å². The Morgan fingerprint density at radius 2 is 1.73 bits per heavy atom. The zero-order valence-corrected chi connectivity index (χ0v) is 14.4. The molecule has 0 radical (unpaired) electrons. The zero-order valence-electron chi connectivity index (χ0n) is 13.6. The number of nitrogens with zero attached hydrogens (tertiary/aromatic N) is 2. The van der Waals surface area contributed by atoms with E-state index in [1.54, 1.807) is 24.3 Å². The number of azo groups is 1. The molecule has 7 nitrogen and oxygen atoms in total. The number of phenols is 1. The summed E-state index contributed by atoms with van der Waals surface area (Å²) in [4.78, 5) is 11.1. The van der Waals surface area contributed by atoms with Crippen LogP contribution < -0.4 is 0 Å². The van der Waals surface area contributed by atoms with Gasteiger partial charge in [-0.05, 0) is 49.4 Å². The number of benzene rings is 3. The maximum absolute atomic E-state index is 11.4. The lowest BCUT2D eigenvalue weighted by molar-refractivity contribution is 0.101. The van der Waals surface area contributed by atoms with Crippen LogP contribution in [0.3, 0.4) is 0 Å². The van der Waals surface area contributed by atoms with Crippen LogP contribution in [-0.2, 0) is 10.1 Å². The van der Waals surface area contributed by atoms with Crippen LogP contribution in [-0.4, -0.2) is 23.9 Å². The van der Waals surface area contributed by atoms with Crippen molar-refractivity contribution >= 4 is 38.0 Å². The number of phenolic OH excluding ortho intramolecular Hbond substituents is 1. The molecule has 3 aromatic carbocycles. The van der Waals surface area contributed by atoms with E-state index < -0.39 is 10.1 Å². The monoisotopic (exact) mass is 370 g/mol. The molecule has 0 fully saturated rings. The van der Waals surface area contributed by atoms with Gasteiger partial charge in [0, 0.05) is 16.3 Å². The van der Waals surface area contributed by atoms with Crippen molar-refractivity contribution in [1.29, 1.82) is 0 Å². The predicted octanol–water partition coefficient (Wildman–Crippen LogP) is 4.41. The summed E-state index contributed by atoms with van der Waals surface area (Å²) in [6.07, 6.45) is 0. The average molecular weight is 370 g/mol. The van der Waals surface area contributed by atoms with Gasteiger partial charge in [-0.2, -0.15) is 13.5 Å². The summed E-state index contributed by atoms with van der Waals surface area (Å²) in [5, 5.41) is 18.8. The molecule has 3 aromatic rings. The highest BCUT2D eigenvalue weighted by molar-refractivity contribution is 7.85. The van der Waals surface area contributed by atoms with Gasteiger partial charge in [-0.25, -0.2) is 0 Å². The van der Waals surface area contributed by atoms with Crippen molar-refractivity contribution in [3.8, 4) is 5.75 Å². The van der Waals surface area contributed by atoms with Gasteiger partial charge >= 0.3 is 0 Å². The molecule has 0 aliphatic heterocycles. The van der Waals surface area contributed by atoms with Crippen molar-refractivity contribution in [3.05, 3.63) is 60.2 Å². The van der Waals surface area contributed by atoms with Gasteiger partial charge in [0.25, 0.3) is 10.1 Å². The Hall–Kier alpha value is -3.10. The summed E-state index contributed by atoms with van der Waals surface area (Å²) in [7, 11) is -4.40. The number of rotatable bonds is 4. The number of ketones is 1. The standard InChI is InChI=1S/C18H14N2O5S/c1-11(21)12-3-2-4-13(9-12)19-20-17-7-8-18(22)15-6-5-14(10-16(15)17)26(23,24)25/h2-10,22H,1H3,(H,23,24,25). The van der Waals surface area contributed by atoms with Crippen molar-refractivity contribution in [2.75, 3.05) is 0 Å². The minimum absolute atomic E-state index is 0.0561.